The molecule has 8 nitrogen and oxygen atoms in total. The second-order valence-electron chi connectivity index (χ2n) is 6.57. The van der Waals surface area contributed by atoms with Gasteiger partial charge >= 0.3 is 0 Å². The maximum absolute atomic E-state index is 12.2. The van der Waals surface area contributed by atoms with Crippen LogP contribution >= 0.6 is 0 Å². The van der Waals surface area contributed by atoms with Crippen LogP contribution in [-0.4, -0.2) is 51.6 Å². The van der Waals surface area contributed by atoms with Crippen LogP contribution in [0.1, 0.15) is 46.0 Å². The van der Waals surface area contributed by atoms with Crippen molar-refractivity contribution in [1.82, 2.24) is 4.90 Å². The van der Waals surface area contributed by atoms with Gasteiger partial charge in [-0.25, -0.2) is 8.42 Å². The Bertz CT molecular complexity index is 759. The first-order chi connectivity index (χ1) is 13.2. The summed E-state index contributed by atoms with van der Waals surface area (Å²) in [6.45, 7) is 5.54. The van der Waals surface area contributed by atoms with E-state index < -0.39 is 10.0 Å². The van der Waals surface area contributed by atoms with Crippen LogP contribution in [-0.2, 0) is 19.6 Å². The van der Waals surface area contributed by atoms with Gasteiger partial charge in [-0.05, 0) is 37.5 Å². The number of hydrogen-bond donors (Lipinski definition) is 2. The van der Waals surface area contributed by atoms with Gasteiger partial charge in [0, 0.05) is 31.6 Å². The third-order valence-electron chi connectivity index (χ3n) is 3.91. The largest absolute Gasteiger partial charge is 0.495 e. The molecular formula is C19H31N3O5S. The number of carbonyl (C=O) groups is 2. The number of hydrogen-bond acceptors (Lipinski definition) is 5. The zero-order valence-electron chi connectivity index (χ0n) is 17.1. The Labute approximate surface area is 167 Å². The van der Waals surface area contributed by atoms with Gasteiger partial charge in [-0.1, -0.05) is 13.8 Å². The van der Waals surface area contributed by atoms with Crippen molar-refractivity contribution < 1.29 is 22.7 Å². The molecule has 28 heavy (non-hydrogen) atoms. The molecule has 0 aliphatic rings. The molecule has 0 saturated heterocycles. The zero-order valence-corrected chi connectivity index (χ0v) is 17.9. The molecule has 0 unspecified atom stereocenters. The normalized spacial score (nSPS) is 11.0. The molecule has 0 radical (unpaired) electrons. The zero-order chi connectivity index (χ0) is 21.2. The number of ether oxygens (including phenoxy) is 1. The lowest BCUT2D eigenvalue weighted by molar-refractivity contribution is -0.131. The van der Waals surface area contributed by atoms with E-state index in [-0.39, 0.29) is 23.9 Å². The predicted molar refractivity (Wildman–Crippen MR) is 111 cm³/mol. The van der Waals surface area contributed by atoms with E-state index in [4.69, 9.17) is 4.74 Å². The number of nitrogens with zero attached hydrogens (tertiary/aromatic N) is 1. The van der Waals surface area contributed by atoms with Gasteiger partial charge in [0.25, 0.3) is 0 Å². The minimum atomic E-state index is -3.48. The highest BCUT2D eigenvalue weighted by Gasteiger charge is 2.13. The highest BCUT2D eigenvalue weighted by molar-refractivity contribution is 7.92. The molecule has 1 aromatic rings. The van der Waals surface area contributed by atoms with Gasteiger partial charge < -0.3 is 15.0 Å². The van der Waals surface area contributed by atoms with E-state index in [1.165, 1.54) is 13.2 Å². The molecule has 2 N–H and O–H groups in total. The maximum atomic E-state index is 12.2. The lowest BCUT2D eigenvalue weighted by Crippen LogP contribution is -2.32. The van der Waals surface area contributed by atoms with Gasteiger partial charge in [0.15, 0.2) is 0 Å². The number of anilines is 2. The highest BCUT2D eigenvalue weighted by Crippen LogP contribution is 2.28. The number of amides is 2. The summed E-state index contributed by atoms with van der Waals surface area (Å²) in [7, 11) is -2.05. The molecule has 0 aromatic heterocycles. The Morgan fingerprint density at radius 1 is 1.11 bits per heavy atom. The van der Waals surface area contributed by atoms with Crippen molar-refractivity contribution in [3.63, 3.8) is 0 Å². The molecule has 2 amide bonds. The number of carbonyl (C=O) groups excluding carboxylic acids is 2. The molecule has 0 bridgehead atoms. The summed E-state index contributed by atoms with van der Waals surface area (Å²) in [6, 6.07) is 4.69. The Morgan fingerprint density at radius 2 is 1.75 bits per heavy atom. The Hall–Kier alpha value is -2.29. The fourth-order valence-electron chi connectivity index (χ4n) is 2.75. The summed E-state index contributed by atoms with van der Waals surface area (Å²) >= 11 is 0. The van der Waals surface area contributed by atoms with Crippen LogP contribution in [0.15, 0.2) is 18.2 Å². The van der Waals surface area contributed by atoms with Gasteiger partial charge in [0.1, 0.15) is 5.75 Å². The summed E-state index contributed by atoms with van der Waals surface area (Å²) in [6.07, 6.45) is 3.85. The molecule has 0 heterocycles. The first-order valence-corrected chi connectivity index (χ1v) is 11.3. The second-order valence-corrected chi connectivity index (χ2v) is 8.32. The van der Waals surface area contributed by atoms with Crippen LogP contribution in [0.5, 0.6) is 5.75 Å². The summed E-state index contributed by atoms with van der Waals surface area (Å²) in [5.74, 6) is 0.183. The summed E-state index contributed by atoms with van der Waals surface area (Å²) in [5.41, 5.74) is 0.689. The minimum absolute atomic E-state index is 0.0700. The van der Waals surface area contributed by atoms with E-state index in [9.17, 15) is 18.0 Å². The third-order valence-corrected chi connectivity index (χ3v) is 4.50. The number of sulfonamides is 1. The quantitative estimate of drug-likeness (QED) is 0.548. The number of methoxy groups -OCH3 is 1. The third kappa shape index (κ3) is 8.60. The molecular weight excluding hydrogens is 382 g/mol. The Kier molecular flexibility index (Phi) is 9.78. The number of rotatable bonds is 12. The van der Waals surface area contributed by atoms with Crippen LogP contribution in [0.2, 0.25) is 0 Å². The minimum Gasteiger partial charge on any atom is -0.495 e. The summed E-state index contributed by atoms with van der Waals surface area (Å²) in [5, 5.41) is 2.72. The molecule has 0 fully saturated rings. The average Bonchev–Trinajstić information content (AvgIpc) is 2.60. The van der Waals surface area contributed by atoms with Crippen LogP contribution in [0, 0.1) is 0 Å². The first-order valence-electron chi connectivity index (χ1n) is 9.43. The van der Waals surface area contributed by atoms with Crippen molar-refractivity contribution in [2.45, 2.75) is 46.0 Å². The number of nitrogens with one attached hydrogen (secondary N) is 2. The van der Waals surface area contributed by atoms with Gasteiger partial charge in [0.05, 0.1) is 19.1 Å². The first kappa shape index (κ1) is 23.7. The number of benzene rings is 1. The van der Waals surface area contributed by atoms with Crippen molar-refractivity contribution in [2.24, 2.45) is 0 Å². The van der Waals surface area contributed by atoms with Crippen molar-refractivity contribution in [1.29, 1.82) is 0 Å². The Morgan fingerprint density at radius 3 is 2.29 bits per heavy atom. The predicted octanol–water partition coefficient (Wildman–Crippen LogP) is 2.82. The van der Waals surface area contributed by atoms with Crippen LogP contribution < -0.4 is 14.8 Å². The van der Waals surface area contributed by atoms with Crippen molar-refractivity contribution >= 4 is 33.2 Å². The van der Waals surface area contributed by atoms with Crippen molar-refractivity contribution in [3.05, 3.63) is 18.2 Å². The van der Waals surface area contributed by atoms with Gasteiger partial charge in [-0.3, -0.25) is 14.3 Å². The van der Waals surface area contributed by atoms with E-state index in [1.54, 1.807) is 12.1 Å². The van der Waals surface area contributed by atoms with E-state index in [0.717, 1.165) is 32.2 Å². The Balaban J connectivity index is 2.61. The van der Waals surface area contributed by atoms with Gasteiger partial charge in [-0.15, -0.1) is 0 Å². The molecule has 1 rings (SSSR count). The smallest absolute Gasteiger partial charge is 0.229 e. The standard InChI is InChI=1S/C19H31N3O5S/c1-5-12-22(13-6-2)19(24)9-7-8-18(23)20-15-10-11-17(27-3)16(14-15)21-28(4,25)26/h10-11,14,21H,5-9,12-13H2,1-4H3,(H,20,23). The average molecular weight is 414 g/mol. The monoisotopic (exact) mass is 413 g/mol. The summed E-state index contributed by atoms with van der Waals surface area (Å²) < 4.78 is 30.4. The van der Waals surface area contributed by atoms with Gasteiger partial charge in [0.2, 0.25) is 21.8 Å². The van der Waals surface area contributed by atoms with Crippen molar-refractivity contribution in [3.8, 4) is 5.75 Å². The van der Waals surface area contributed by atoms with E-state index in [2.05, 4.69) is 10.0 Å². The molecule has 0 saturated carbocycles. The van der Waals surface area contributed by atoms with Crippen LogP contribution in [0.25, 0.3) is 0 Å². The fraction of sp³-hybridized carbons (Fsp3) is 0.579. The maximum Gasteiger partial charge on any atom is 0.229 e. The SMILES string of the molecule is CCCN(CCC)C(=O)CCCC(=O)Nc1ccc(OC)c(NS(C)(=O)=O)c1. The molecule has 0 atom stereocenters. The lowest BCUT2D eigenvalue weighted by Gasteiger charge is -2.21. The highest BCUT2D eigenvalue weighted by atomic mass is 32.2. The molecule has 0 aliphatic heterocycles. The van der Waals surface area contributed by atoms with Crippen molar-refractivity contribution in [2.75, 3.05) is 36.5 Å². The molecule has 0 spiro atoms. The fourth-order valence-corrected chi connectivity index (χ4v) is 3.31. The van der Waals surface area contributed by atoms with E-state index >= 15 is 0 Å². The second kappa shape index (κ2) is 11.5. The lowest BCUT2D eigenvalue weighted by atomic mass is 10.2. The molecule has 1 aromatic carbocycles. The molecule has 9 heteroatoms. The topological polar surface area (TPSA) is 105 Å². The van der Waals surface area contributed by atoms with Gasteiger partial charge in [-0.2, -0.15) is 0 Å². The molecule has 158 valence electrons. The van der Waals surface area contributed by atoms with Crippen LogP contribution in [0.4, 0.5) is 11.4 Å². The molecule has 0 aliphatic carbocycles. The summed E-state index contributed by atoms with van der Waals surface area (Å²) in [4.78, 5) is 26.2. The van der Waals surface area contributed by atoms with E-state index in [1.807, 2.05) is 18.7 Å². The van der Waals surface area contributed by atoms with Crippen LogP contribution in [0.3, 0.4) is 0 Å². The van der Waals surface area contributed by atoms with E-state index in [0.29, 0.717) is 24.3 Å².